The second kappa shape index (κ2) is 4.51. The van der Waals surface area contributed by atoms with Crippen molar-refractivity contribution in [3.63, 3.8) is 0 Å². The van der Waals surface area contributed by atoms with Crippen molar-refractivity contribution in [3.8, 4) is 11.4 Å². The number of aromatic amines is 1. The Morgan fingerprint density at radius 3 is 2.74 bits per heavy atom. The van der Waals surface area contributed by atoms with Crippen LogP contribution in [0.4, 0.5) is 0 Å². The molecule has 2 N–H and O–H groups in total. The Hall–Kier alpha value is -2.14. The molecular weight excluding hydrogens is 308 g/mol. The number of imidazole rings is 1. The van der Waals surface area contributed by atoms with E-state index >= 15 is 0 Å². The number of carboxylic acids is 1. The number of carboxylic acid groups (broad SMARTS) is 1. The van der Waals surface area contributed by atoms with Crippen LogP contribution in [0.3, 0.4) is 0 Å². The van der Waals surface area contributed by atoms with Gasteiger partial charge in [0, 0.05) is 10.0 Å². The van der Waals surface area contributed by atoms with Crippen molar-refractivity contribution in [2.24, 2.45) is 0 Å². The van der Waals surface area contributed by atoms with Gasteiger partial charge in [-0.15, -0.1) is 0 Å². The predicted molar refractivity (Wildman–Crippen MR) is 76.2 cm³/mol. The number of nitrogens with one attached hydrogen (secondary N) is 1. The molecule has 0 spiro atoms. The number of carbonyl (C=O) groups is 1. The maximum absolute atomic E-state index is 10.9. The van der Waals surface area contributed by atoms with Crippen molar-refractivity contribution in [1.29, 1.82) is 0 Å². The van der Waals surface area contributed by atoms with Crippen LogP contribution in [0.15, 0.2) is 46.9 Å². The monoisotopic (exact) mass is 316 g/mol. The Morgan fingerprint density at radius 1 is 1.21 bits per heavy atom. The van der Waals surface area contributed by atoms with Gasteiger partial charge in [-0.3, -0.25) is 0 Å². The normalized spacial score (nSPS) is 10.8. The fourth-order valence-electron chi connectivity index (χ4n) is 1.92. The summed E-state index contributed by atoms with van der Waals surface area (Å²) >= 11 is 3.47. The Labute approximate surface area is 117 Å². The molecular formula is C14H9BrN2O2. The van der Waals surface area contributed by atoms with Gasteiger partial charge in [0.05, 0.1) is 16.6 Å². The van der Waals surface area contributed by atoms with Crippen LogP contribution >= 0.6 is 15.9 Å². The van der Waals surface area contributed by atoms with Crippen LogP contribution in [0.2, 0.25) is 0 Å². The zero-order valence-corrected chi connectivity index (χ0v) is 11.3. The minimum absolute atomic E-state index is 0.245. The molecule has 0 saturated heterocycles. The van der Waals surface area contributed by atoms with Gasteiger partial charge in [0.25, 0.3) is 0 Å². The summed E-state index contributed by atoms with van der Waals surface area (Å²) in [5, 5.41) is 8.97. The number of fused-ring (bicyclic) bond motifs is 1. The molecule has 0 radical (unpaired) electrons. The van der Waals surface area contributed by atoms with E-state index < -0.39 is 5.97 Å². The fraction of sp³-hybridized carbons (Fsp3) is 0. The Bertz CT molecular complexity index is 780. The van der Waals surface area contributed by atoms with Gasteiger partial charge in [0.1, 0.15) is 5.82 Å². The average molecular weight is 317 g/mol. The molecule has 19 heavy (non-hydrogen) atoms. The van der Waals surface area contributed by atoms with Crippen molar-refractivity contribution < 1.29 is 9.90 Å². The largest absolute Gasteiger partial charge is 0.478 e. The summed E-state index contributed by atoms with van der Waals surface area (Å²) in [6.07, 6.45) is 0. The van der Waals surface area contributed by atoms with Gasteiger partial charge < -0.3 is 10.1 Å². The van der Waals surface area contributed by atoms with Crippen LogP contribution in [-0.2, 0) is 0 Å². The van der Waals surface area contributed by atoms with Gasteiger partial charge >= 0.3 is 5.97 Å². The van der Waals surface area contributed by atoms with Crippen molar-refractivity contribution in [1.82, 2.24) is 9.97 Å². The molecule has 3 aromatic rings. The summed E-state index contributed by atoms with van der Waals surface area (Å²) in [5.74, 6) is -0.232. The van der Waals surface area contributed by atoms with Crippen LogP contribution < -0.4 is 0 Å². The van der Waals surface area contributed by atoms with Gasteiger partial charge in [-0.2, -0.15) is 0 Å². The zero-order valence-electron chi connectivity index (χ0n) is 9.72. The van der Waals surface area contributed by atoms with E-state index in [1.807, 2.05) is 24.3 Å². The third-order valence-electron chi connectivity index (χ3n) is 2.86. The summed E-state index contributed by atoms with van der Waals surface area (Å²) in [7, 11) is 0. The first-order valence-electron chi connectivity index (χ1n) is 5.63. The summed E-state index contributed by atoms with van der Waals surface area (Å²) in [6, 6.07) is 12.6. The van der Waals surface area contributed by atoms with Gasteiger partial charge in [-0.25, -0.2) is 9.78 Å². The highest BCUT2D eigenvalue weighted by Gasteiger charge is 2.10. The Morgan fingerprint density at radius 2 is 2.00 bits per heavy atom. The second-order valence-electron chi connectivity index (χ2n) is 4.10. The molecule has 4 nitrogen and oxygen atoms in total. The maximum atomic E-state index is 10.9. The second-order valence-corrected chi connectivity index (χ2v) is 4.96. The molecule has 3 rings (SSSR count). The number of nitrogens with zero attached hydrogens (tertiary/aromatic N) is 1. The van der Waals surface area contributed by atoms with Crippen LogP contribution in [0.1, 0.15) is 10.4 Å². The molecule has 0 fully saturated rings. The van der Waals surface area contributed by atoms with Gasteiger partial charge in [0.2, 0.25) is 0 Å². The molecule has 0 aliphatic carbocycles. The summed E-state index contributed by atoms with van der Waals surface area (Å²) in [6.45, 7) is 0. The lowest BCUT2D eigenvalue weighted by molar-refractivity contribution is 0.0697. The van der Waals surface area contributed by atoms with Crippen molar-refractivity contribution in [2.45, 2.75) is 0 Å². The van der Waals surface area contributed by atoms with Gasteiger partial charge in [0.15, 0.2) is 0 Å². The number of benzene rings is 2. The number of halogens is 1. The van der Waals surface area contributed by atoms with Crippen LogP contribution in [0.5, 0.6) is 0 Å². The number of H-pyrrole nitrogens is 1. The smallest absolute Gasteiger partial charge is 0.335 e. The Balaban J connectivity index is 2.17. The SMILES string of the molecule is O=C(O)c1ccc2nc(-c3ccccc3Br)[nH]c2c1. The quantitative estimate of drug-likeness (QED) is 0.757. The van der Waals surface area contributed by atoms with Gasteiger partial charge in [-0.05, 0) is 24.3 Å². The van der Waals surface area contributed by atoms with Crippen molar-refractivity contribution in [2.75, 3.05) is 0 Å². The van der Waals surface area contributed by atoms with E-state index in [-0.39, 0.29) is 5.56 Å². The fourth-order valence-corrected chi connectivity index (χ4v) is 2.40. The first-order valence-corrected chi connectivity index (χ1v) is 6.42. The lowest BCUT2D eigenvalue weighted by Crippen LogP contribution is -1.94. The molecule has 0 atom stereocenters. The molecule has 1 heterocycles. The van der Waals surface area contributed by atoms with E-state index in [0.29, 0.717) is 11.3 Å². The van der Waals surface area contributed by atoms with Crippen LogP contribution in [-0.4, -0.2) is 21.0 Å². The molecule has 1 aromatic heterocycles. The molecule has 0 amide bonds. The molecule has 0 unspecified atom stereocenters. The number of aromatic carboxylic acids is 1. The molecule has 0 saturated carbocycles. The maximum Gasteiger partial charge on any atom is 0.335 e. The molecule has 0 aliphatic rings. The molecule has 0 bridgehead atoms. The van der Waals surface area contributed by atoms with E-state index in [4.69, 9.17) is 5.11 Å². The average Bonchev–Trinajstić information content (AvgIpc) is 2.81. The zero-order chi connectivity index (χ0) is 13.4. The van der Waals surface area contributed by atoms with Crippen LogP contribution in [0, 0.1) is 0 Å². The van der Waals surface area contributed by atoms with E-state index in [1.165, 1.54) is 0 Å². The number of rotatable bonds is 2. The van der Waals surface area contributed by atoms with Crippen LogP contribution in [0.25, 0.3) is 22.4 Å². The third kappa shape index (κ3) is 2.13. The van der Waals surface area contributed by atoms with Gasteiger partial charge in [-0.1, -0.05) is 34.1 Å². The highest BCUT2D eigenvalue weighted by molar-refractivity contribution is 9.10. The highest BCUT2D eigenvalue weighted by Crippen LogP contribution is 2.27. The Kier molecular flexibility index (Phi) is 2.83. The lowest BCUT2D eigenvalue weighted by Gasteiger charge is -1.98. The first kappa shape index (κ1) is 11.9. The summed E-state index contributed by atoms with van der Waals surface area (Å²) < 4.78 is 0.938. The standard InChI is InChI=1S/C14H9BrN2O2/c15-10-4-2-1-3-9(10)13-16-11-6-5-8(14(18)19)7-12(11)17-13/h1-7H,(H,16,17)(H,18,19). The number of aromatic nitrogens is 2. The predicted octanol–water partition coefficient (Wildman–Crippen LogP) is 3.69. The van der Waals surface area contributed by atoms with E-state index in [0.717, 1.165) is 15.6 Å². The summed E-state index contributed by atoms with van der Waals surface area (Å²) in [5.41, 5.74) is 2.65. The summed E-state index contributed by atoms with van der Waals surface area (Å²) in [4.78, 5) is 18.5. The van der Waals surface area contributed by atoms with Crippen molar-refractivity contribution in [3.05, 3.63) is 52.5 Å². The minimum Gasteiger partial charge on any atom is -0.478 e. The van der Waals surface area contributed by atoms with E-state index in [9.17, 15) is 4.79 Å². The van der Waals surface area contributed by atoms with E-state index in [1.54, 1.807) is 18.2 Å². The third-order valence-corrected chi connectivity index (χ3v) is 3.55. The highest BCUT2D eigenvalue weighted by atomic mass is 79.9. The lowest BCUT2D eigenvalue weighted by atomic mass is 10.2. The number of hydrogen-bond acceptors (Lipinski definition) is 2. The molecule has 5 heteroatoms. The molecule has 94 valence electrons. The first-order chi connectivity index (χ1) is 9.15. The van der Waals surface area contributed by atoms with Crippen molar-refractivity contribution >= 4 is 32.9 Å². The minimum atomic E-state index is -0.945. The molecule has 2 aromatic carbocycles. The van der Waals surface area contributed by atoms with E-state index in [2.05, 4.69) is 25.9 Å². The topological polar surface area (TPSA) is 66.0 Å². The number of hydrogen-bond donors (Lipinski definition) is 2. The molecule has 0 aliphatic heterocycles.